The molecule has 1 aromatic rings. The number of ether oxygens (including phenoxy) is 2. The first-order valence-corrected chi connectivity index (χ1v) is 5.98. The van der Waals surface area contributed by atoms with Gasteiger partial charge >= 0.3 is 5.97 Å². The monoisotopic (exact) mass is 252 g/mol. The highest BCUT2D eigenvalue weighted by Crippen LogP contribution is 2.03. The standard InChI is InChI=1S/C13H20N2O3/c1-10(2)14-6-7-18-9-12-5-4-11(8-15-12)13(16)17-3/h4-5,8,10,14H,6-7,9H2,1-3H3. The molecule has 100 valence electrons. The third-order valence-corrected chi connectivity index (χ3v) is 2.29. The van der Waals surface area contributed by atoms with Gasteiger partial charge in [0.15, 0.2) is 0 Å². The van der Waals surface area contributed by atoms with Crippen molar-refractivity contribution in [3.8, 4) is 0 Å². The van der Waals surface area contributed by atoms with Gasteiger partial charge in [0.2, 0.25) is 0 Å². The van der Waals surface area contributed by atoms with E-state index in [4.69, 9.17) is 4.74 Å². The van der Waals surface area contributed by atoms with Gasteiger partial charge in [0, 0.05) is 18.8 Å². The largest absolute Gasteiger partial charge is 0.465 e. The van der Waals surface area contributed by atoms with Gasteiger partial charge in [0.25, 0.3) is 0 Å². The Morgan fingerprint density at radius 3 is 2.78 bits per heavy atom. The van der Waals surface area contributed by atoms with Crippen molar-refractivity contribution in [3.05, 3.63) is 29.6 Å². The third-order valence-electron chi connectivity index (χ3n) is 2.29. The Bertz CT molecular complexity index is 363. The molecule has 0 radical (unpaired) electrons. The van der Waals surface area contributed by atoms with E-state index in [1.807, 2.05) is 0 Å². The summed E-state index contributed by atoms with van der Waals surface area (Å²) < 4.78 is 10.0. The molecule has 0 aliphatic heterocycles. The van der Waals surface area contributed by atoms with Crippen LogP contribution in [-0.2, 0) is 16.1 Å². The second-order valence-electron chi connectivity index (χ2n) is 4.19. The number of aromatic nitrogens is 1. The molecule has 0 spiro atoms. The van der Waals surface area contributed by atoms with E-state index < -0.39 is 0 Å². The fraction of sp³-hybridized carbons (Fsp3) is 0.538. The van der Waals surface area contributed by atoms with Gasteiger partial charge < -0.3 is 14.8 Å². The summed E-state index contributed by atoms with van der Waals surface area (Å²) in [5, 5.41) is 3.26. The summed E-state index contributed by atoms with van der Waals surface area (Å²) in [7, 11) is 1.35. The van der Waals surface area contributed by atoms with Crippen LogP contribution < -0.4 is 5.32 Å². The second-order valence-corrected chi connectivity index (χ2v) is 4.19. The molecule has 5 heteroatoms. The first-order chi connectivity index (χ1) is 8.63. The van der Waals surface area contributed by atoms with Gasteiger partial charge in [-0.25, -0.2) is 4.79 Å². The Kier molecular flexibility index (Phi) is 6.32. The molecule has 0 unspecified atom stereocenters. The zero-order valence-corrected chi connectivity index (χ0v) is 11.1. The fourth-order valence-corrected chi connectivity index (χ4v) is 1.34. The second kappa shape index (κ2) is 7.79. The van der Waals surface area contributed by atoms with E-state index in [0.29, 0.717) is 24.8 Å². The van der Waals surface area contributed by atoms with Gasteiger partial charge in [-0.15, -0.1) is 0 Å². The van der Waals surface area contributed by atoms with Crippen LogP contribution in [0.25, 0.3) is 0 Å². The van der Waals surface area contributed by atoms with E-state index in [1.54, 1.807) is 12.1 Å². The van der Waals surface area contributed by atoms with E-state index in [1.165, 1.54) is 13.3 Å². The van der Waals surface area contributed by atoms with Crippen molar-refractivity contribution in [3.63, 3.8) is 0 Å². The number of nitrogens with zero attached hydrogens (tertiary/aromatic N) is 1. The number of methoxy groups -OCH3 is 1. The zero-order chi connectivity index (χ0) is 13.4. The lowest BCUT2D eigenvalue weighted by atomic mass is 10.2. The minimum Gasteiger partial charge on any atom is -0.465 e. The lowest BCUT2D eigenvalue weighted by molar-refractivity contribution is 0.0600. The zero-order valence-electron chi connectivity index (χ0n) is 11.1. The highest BCUT2D eigenvalue weighted by Gasteiger charge is 2.05. The molecule has 0 saturated heterocycles. The third kappa shape index (κ3) is 5.25. The van der Waals surface area contributed by atoms with Crippen molar-refractivity contribution in [1.29, 1.82) is 0 Å². The molecule has 0 amide bonds. The predicted molar refractivity (Wildman–Crippen MR) is 68.4 cm³/mol. The van der Waals surface area contributed by atoms with Crippen LogP contribution in [0.4, 0.5) is 0 Å². The van der Waals surface area contributed by atoms with Gasteiger partial charge in [0.1, 0.15) is 0 Å². The van der Waals surface area contributed by atoms with Gasteiger partial charge in [-0.2, -0.15) is 0 Å². The summed E-state index contributed by atoms with van der Waals surface area (Å²) in [5.41, 5.74) is 1.25. The molecule has 0 atom stereocenters. The van der Waals surface area contributed by atoms with E-state index >= 15 is 0 Å². The summed E-state index contributed by atoms with van der Waals surface area (Å²) in [5.74, 6) is -0.379. The number of esters is 1. The Labute approximate surface area is 108 Å². The maximum atomic E-state index is 11.2. The average Bonchev–Trinajstić information content (AvgIpc) is 2.38. The molecule has 1 rings (SSSR count). The molecule has 18 heavy (non-hydrogen) atoms. The maximum Gasteiger partial charge on any atom is 0.339 e. The number of carbonyl (C=O) groups is 1. The number of pyridine rings is 1. The van der Waals surface area contributed by atoms with Crippen LogP contribution in [0, 0.1) is 0 Å². The van der Waals surface area contributed by atoms with Crippen LogP contribution in [0.1, 0.15) is 29.9 Å². The Hall–Kier alpha value is -1.46. The fourth-order valence-electron chi connectivity index (χ4n) is 1.34. The van der Waals surface area contributed by atoms with Crippen LogP contribution in [0.2, 0.25) is 0 Å². The summed E-state index contributed by atoms with van der Waals surface area (Å²) in [6, 6.07) is 3.91. The number of rotatable bonds is 7. The number of hydrogen-bond acceptors (Lipinski definition) is 5. The van der Waals surface area contributed by atoms with Crippen molar-refractivity contribution in [2.75, 3.05) is 20.3 Å². The van der Waals surface area contributed by atoms with E-state index in [2.05, 4.69) is 28.9 Å². The first kappa shape index (κ1) is 14.6. The molecule has 0 fully saturated rings. The average molecular weight is 252 g/mol. The van der Waals surface area contributed by atoms with Crippen molar-refractivity contribution < 1.29 is 14.3 Å². The molecule has 0 bridgehead atoms. The lowest BCUT2D eigenvalue weighted by Gasteiger charge is -2.08. The molecule has 0 aromatic carbocycles. The molecule has 0 saturated carbocycles. The van der Waals surface area contributed by atoms with Crippen molar-refractivity contribution in [2.45, 2.75) is 26.5 Å². The van der Waals surface area contributed by atoms with Crippen molar-refractivity contribution in [1.82, 2.24) is 10.3 Å². The number of nitrogens with one attached hydrogen (secondary N) is 1. The summed E-state index contributed by atoms with van der Waals surface area (Å²) in [6.45, 7) is 6.08. The quantitative estimate of drug-likeness (QED) is 0.587. The molecule has 1 aromatic heterocycles. The molecule has 1 N–H and O–H groups in total. The van der Waals surface area contributed by atoms with Crippen molar-refractivity contribution in [2.24, 2.45) is 0 Å². The van der Waals surface area contributed by atoms with Crippen LogP contribution in [0.3, 0.4) is 0 Å². The van der Waals surface area contributed by atoms with E-state index in [9.17, 15) is 4.79 Å². The van der Waals surface area contributed by atoms with Crippen molar-refractivity contribution >= 4 is 5.97 Å². The topological polar surface area (TPSA) is 60.5 Å². The van der Waals surface area contributed by atoms with E-state index in [-0.39, 0.29) is 5.97 Å². The summed E-state index contributed by atoms with van der Waals surface area (Å²) in [6.07, 6.45) is 1.50. The normalized spacial score (nSPS) is 10.7. The Morgan fingerprint density at radius 1 is 1.44 bits per heavy atom. The van der Waals surface area contributed by atoms with Crippen LogP contribution in [0.15, 0.2) is 18.3 Å². The summed E-state index contributed by atoms with van der Waals surface area (Å²) in [4.78, 5) is 15.3. The molecular formula is C13H20N2O3. The van der Waals surface area contributed by atoms with Gasteiger partial charge in [-0.05, 0) is 12.1 Å². The van der Waals surface area contributed by atoms with Crippen LogP contribution >= 0.6 is 0 Å². The highest BCUT2D eigenvalue weighted by atomic mass is 16.5. The first-order valence-electron chi connectivity index (χ1n) is 5.98. The number of hydrogen-bond donors (Lipinski definition) is 1. The van der Waals surface area contributed by atoms with Gasteiger partial charge in [-0.3, -0.25) is 4.98 Å². The molecule has 0 aliphatic carbocycles. The van der Waals surface area contributed by atoms with Crippen LogP contribution in [0.5, 0.6) is 0 Å². The van der Waals surface area contributed by atoms with Gasteiger partial charge in [-0.1, -0.05) is 13.8 Å². The van der Waals surface area contributed by atoms with Crippen LogP contribution in [-0.4, -0.2) is 37.3 Å². The Balaban J connectivity index is 2.29. The highest BCUT2D eigenvalue weighted by molar-refractivity contribution is 5.88. The molecule has 1 heterocycles. The van der Waals surface area contributed by atoms with E-state index in [0.717, 1.165) is 12.2 Å². The molecule has 5 nitrogen and oxygen atoms in total. The SMILES string of the molecule is COC(=O)c1ccc(COCCNC(C)C)nc1. The predicted octanol–water partition coefficient (Wildman–Crippen LogP) is 1.38. The maximum absolute atomic E-state index is 11.2. The minimum absolute atomic E-state index is 0.379. The summed E-state index contributed by atoms with van der Waals surface area (Å²) >= 11 is 0. The molecular weight excluding hydrogens is 232 g/mol. The smallest absolute Gasteiger partial charge is 0.339 e. The Morgan fingerprint density at radius 2 is 2.22 bits per heavy atom. The minimum atomic E-state index is -0.379. The number of carbonyl (C=O) groups excluding carboxylic acids is 1. The lowest BCUT2D eigenvalue weighted by Crippen LogP contribution is -2.26. The molecule has 0 aliphatic rings. The van der Waals surface area contributed by atoms with Gasteiger partial charge in [0.05, 0.1) is 31.6 Å².